The van der Waals surface area contributed by atoms with E-state index in [1.807, 2.05) is 0 Å². The Hall–Kier alpha value is -0.660. The summed E-state index contributed by atoms with van der Waals surface area (Å²) in [7, 11) is 0. The van der Waals surface area contributed by atoms with E-state index in [-0.39, 0.29) is 0 Å². The van der Waals surface area contributed by atoms with Crippen LogP contribution in [0.15, 0.2) is 12.4 Å². The maximum Gasteiger partial charge on any atom is 0.101 e. The van der Waals surface area contributed by atoms with Crippen molar-refractivity contribution < 1.29 is 0 Å². The van der Waals surface area contributed by atoms with Gasteiger partial charge in [-0.15, -0.1) is 0 Å². The zero-order valence-corrected chi connectivity index (χ0v) is 23.3. The van der Waals surface area contributed by atoms with Gasteiger partial charge in [0.2, 0.25) is 0 Å². The van der Waals surface area contributed by atoms with Gasteiger partial charge in [0.05, 0.1) is 0 Å². The third-order valence-electron chi connectivity index (χ3n) is 7.57. The second-order valence-corrected chi connectivity index (χ2v) is 10.8. The lowest BCUT2D eigenvalue weighted by Gasteiger charge is -2.33. The molecule has 0 bridgehead atoms. The summed E-state index contributed by atoms with van der Waals surface area (Å²) in [4.78, 5) is 5.38. The zero-order chi connectivity index (χ0) is 23.8. The predicted octanol–water partition coefficient (Wildman–Crippen LogP) is 10.4. The minimum absolute atomic E-state index is 0.644. The molecule has 0 N–H and O–H groups in total. The van der Waals surface area contributed by atoms with E-state index in [1.54, 1.807) is 0 Å². The molecule has 1 atom stereocenters. The van der Waals surface area contributed by atoms with Gasteiger partial charge in [0.15, 0.2) is 0 Å². The van der Waals surface area contributed by atoms with Crippen LogP contribution in [0.3, 0.4) is 0 Å². The van der Waals surface area contributed by atoms with Crippen molar-refractivity contribution in [3.63, 3.8) is 0 Å². The molecule has 33 heavy (non-hydrogen) atoms. The molecule has 1 heterocycles. The van der Waals surface area contributed by atoms with Crippen LogP contribution < -0.4 is 0 Å². The van der Waals surface area contributed by atoms with E-state index in [0.717, 1.165) is 0 Å². The molecule has 1 rings (SSSR count). The Bertz CT molecular complexity index is 419. The highest BCUT2D eigenvalue weighted by Gasteiger charge is 2.24. The van der Waals surface area contributed by atoms with Gasteiger partial charge in [-0.05, 0) is 25.7 Å². The molecule has 0 radical (unpaired) electrons. The molecule has 1 aliphatic rings. The Balaban J connectivity index is 2.28. The van der Waals surface area contributed by atoms with Gasteiger partial charge in [0, 0.05) is 25.5 Å². The summed E-state index contributed by atoms with van der Waals surface area (Å²) in [5.41, 5.74) is 0. The molecular weight excluding hydrogens is 400 g/mol. The van der Waals surface area contributed by atoms with Crippen molar-refractivity contribution >= 4 is 0 Å². The molecule has 2 nitrogen and oxygen atoms in total. The maximum absolute atomic E-state index is 2.69. The molecule has 1 unspecified atom stereocenters. The van der Waals surface area contributed by atoms with E-state index < -0.39 is 0 Å². The molecule has 1 aliphatic heterocycles. The largest absolute Gasteiger partial charge is 0.356 e. The van der Waals surface area contributed by atoms with E-state index in [2.05, 4.69) is 43.0 Å². The Kier molecular flexibility index (Phi) is 21.3. The standard InChI is InChI=1S/C31H62N2/c1-4-7-10-13-16-18-20-23-26-31-32(27-24-21-15-12-9-6-3)29-30-33(31)28-25-22-19-17-14-11-8-5-2/h29-31H,4-28H2,1-3H3. The number of hydrogen-bond acceptors (Lipinski definition) is 2. The van der Waals surface area contributed by atoms with Gasteiger partial charge in [-0.2, -0.15) is 0 Å². The fourth-order valence-corrected chi connectivity index (χ4v) is 5.30. The van der Waals surface area contributed by atoms with Crippen LogP contribution in [-0.2, 0) is 0 Å². The number of rotatable bonds is 25. The SMILES string of the molecule is CCCCCCCCCCC1N(CCCCCCCC)C=CN1CCCCCCCCCC. The first-order valence-electron chi connectivity index (χ1n) is 15.5. The minimum Gasteiger partial charge on any atom is -0.356 e. The highest BCUT2D eigenvalue weighted by Crippen LogP contribution is 2.24. The second kappa shape index (κ2) is 23.1. The van der Waals surface area contributed by atoms with Gasteiger partial charge in [-0.25, -0.2) is 0 Å². The molecular formula is C31H62N2. The van der Waals surface area contributed by atoms with Crippen LogP contribution in [0.5, 0.6) is 0 Å². The van der Waals surface area contributed by atoms with Crippen LogP contribution in [0.1, 0.15) is 168 Å². The Labute approximate surface area is 210 Å². The average Bonchev–Trinajstić information content (AvgIpc) is 3.21. The number of nitrogens with zero attached hydrogens (tertiary/aromatic N) is 2. The highest BCUT2D eigenvalue weighted by atomic mass is 15.4. The molecule has 0 aliphatic carbocycles. The third kappa shape index (κ3) is 16.6. The fourth-order valence-electron chi connectivity index (χ4n) is 5.30. The molecule has 0 aromatic rings. The normalized spacial score (nSPS) is 15.8. The summed E-state index contributed by atoms with van der Waals surface area (Å²) < 4.78 is 0. The summed E-state index contributed by atoms with van der Waals surface area (Å²) in [6.07, 6.45) is 38.0. The van der Waals surface area contributed by atoms with Crippen molar-refractivity contribution in [3.05, 3.63) is 12.4 Å². The van der Waals surface area contributed by atoms with Crippen LogP contribution >= 0.6 is 0 Å². The molecule has 196 valence electrons. The van der Waals surface area contributed by atoms with Crippen molar-refractivity contribution in [2.45, 2.75) is 175 Å². The van der Waals surface area contributed by atoms with Crippen molar-refractivity contribution in [2.24, 2.45) is 0 Å². The van der Waals surface area contributed by atoms with Crippen molar-refractivity contribution in [2.75, 3.05) is 13.1 Å². The van der Waals surface area contributed by atoms with Crippen molar-refractivity contribution in [3.8, 4) is 0 Å². The monoisotopic (exact) mass is 462 g/mol. The summed E-state index contributed by atoms with van der Waals surface area (Å²) in [5.74, 6) is 0. The number of hydrogen-bond donors (Lipinski definition) is 0. The first kappa shape index (κ1) is 30.4. The lowest BCUT2D eigenvalue weighted by atomic mass is 10.1. The number of unbranched alkanes of at least 4 members (excludes halogenated alkanes) is 19. The highest BCUT2D eigenvalue weighted by molar-refractivity contribution is 4.97. The summed E-state index contributed by atoms with van der Waals surface area (Å²) in [6.45, 7) is 9.46. The summed E-state index contributed by atoms with van der Waals surface area (Å²) >= 11 is 0. The average molecular weight is 463 g/mol. The lowest BCUT2D eigenvalue weighted by molar-refractivity contribution is 0.135. The van der Waals surface area contributed by atoms with Crippen LogP contribution in [0.2, 0.25) is 0 Å². The summed E-state index contributed by atoms with van der Waals surface area (Å²) in [5, 5.41) is 0. The summed E-state index contributed by atoms with van der Waals surface area (Å²) in [6, 6.07) is 0. The van der Waals surface area contributed by atoms with Crippen molar-refractivity contribution in [1.29, 1.82) is 0 Å². The molecule has 0 amide bonds. The van der Waals surface area contributed by atoms with E-state index in [1.165, 1.54) is 161 Å². The molecule has 0 aromatic heterocycles. The lowest BCUT2D eigenvalue weighted by Crippen LogP contribution is -2.39. The third-order valence-corrected chi connectivity index (χ3v) is 7.57. The second-order valence-electron chi connectivity index (χ2n) is 10.8. The molecule has 0 saturated carbocycles. The van der Waals surface area contributed by atoms with Crippen LogP contribution in [0, 0.1) is 0 Å². The zero-order valence-electron chi connectivity index (χ0n) is 23.3. The predicted molar refractivity (Wildman–Crippen MR) is 150 cm³/mol. The van der Waals surface area contributed by atoms with Crippen LogP contribution in [-0.4, -0.2) is 29.1 Å². The Morgan fingerprint density at radius 3 is 1.06 bits per heavy atom. The van der Waals surface area contributed by atoms with E-state index in [9.17, 15) is 0 Å². The molecule has 0 aromatic carbocycles. The molecule has 0 fully saturated rings. The first-order valence-corrected chi connectivity index (χ1v) is 15.5. The van der Waals surface area contributed by atoms with E-state index >= 15 is 0 Å². The molecule has 0 saturated heterocycles. The van der Waals surface area contributed by atoms with Gasteiger partial charge in [0.25, 0.3) is 0 Å². The van der Waals surface area contributed by atoms with Gasteiger partial charge < -0.3 is 9.80 Å². The Morgan fingerprint density at radius 1 is 0.394 bits per heavy atom. The van der Waals surface area contributed by atoms with Crippen LogP contribution in [0.25, 0.3) is 0 Å². The smallest absolute Gasteiger partial charge is 0.101 e. The van der Waals surface area contributed by atoms with E-state index in [0.29, 0.717) is 6.17 Å². The Morgan fingerprint density at radius 2 is 0.697 bits per heavy atom. The molecule has 2 heteroatoms. The minimum atomic E-state index is 0.644. The maximum atomic E-state index is 2.69. The first-order chi connectivity index (χ1) is 16.3. The van der Waals surface area contributed by atoms with Crippen LogP contribution in [0.4, 0.5) is 0 Å². The van der Waals surface area contributed by atoms with Gasteiger partial charge in [-0.3, -0.25) is 0 Å². The topological polar surface area (TPSA) is 6.48 Å². The quantitative estimate of drug-likeness (QED) is 0.124. The fraction of sp³-hybridized carbons (Fsp3) is 0.935. The van der Waals surface area contributed by atoms with Crippen molar-refractivity contribution in [1.82, 2.24) is 9.80 Å². The molecule has 0 spiro atoms. The van der Waals surface area contributed by atoms with Gasteiger partial charge in [0.1, 0.15) is 6.17 Å². The van der Waals surface area contributed by atoms with Gasteiger partial charge in [-0.1, -0.05) is 143 Å². The van der Waals surface area contributed by atoms with Gasteiger partial charge >= 0.3 is 0 Å². The van der Waals surface area contributed by atoms with E-state index in [4.69, 9.17) is 0 Å².